The summed E-state index contributed by atoms with van der Waals surface area (Å²) in [6, 6.07) is 9.23. The van der Waals surface area contributed by atoms with Crippen molar-refractivity contribution in [3.05, 3.63) is 41.0 Å². The largest absolute Gasteiger partial charge is 0.192 e. The zero-order valence-electron chi connectivity index (χ0n) is 7.99. The van der Waals surface area contributed by atoms with Crippen LogP contribution in [0.5, 0.6) is 0 Å². The number of nitrogens with zero attached hydrogens (tertiary/aromatic N) is 2. The monoisotopic (exact) mass is 182 g/mol. The summed E-state index contributed by atoms with van der Waals surface area (Å²) in [5.41, 5.74) is 1.83. The summed E-state index contributed by atoms with van der Waals surface area (Å²) in [7, 11) is 0. The Morgan fingerprint density at radius 3 is 2.50 bits per heavy atom. The number of hydrogen-bond donors (Lipinski definition) is 0. The highest BCUT2D eigenvalue weighted by Crippen LogP contribution is 2.11. The first-order chi connectivity index (χ1) is 6.81. The van der Waals surface area contributed by atoms with Crippen LogP contribution in [-0.2, 0) is 0 Å². The maximum absolute atomic E-state index is 8.77. The summed E-state index contributed by atoms with van der Waals surface area (Å²) in [6.45, 7) is 2.05. The van der Waals surface area contributed by atoms with Gasteiger partial charge in [-0.1, -0.05) is 25.1 Å². The van der Waals surface area contributed by atoms with Crippen LogP contribution >= 0.6 is 0 Å². The summed E-state index contributed by atoms with van der Waals surface area (Å²) < 4.78 is 0. The fourth-order valence-electron chi connectivity index (χ4n) is 1.11. The van der Waals surface area contributed by atoms with Gasteiger partial charge in [0.15, 0.2) is 0 Å². The molecule has 0 radical (unpaired) electrons. The second-order valence-electron chi connectivity index (χ2n) is 2.84. The summed E-state index contributed by atoms with van der Waals surface area (Å²) >= 11 is 0. The fourth-order valence-corrected chi connectivity index (χ4v) is 1.11. The predicted octanol–water partition coefficient (Wildman–Crippen LogP) is 2.85. The molecule has 0 amide bonds. The molecule has 0 aliphatic heterocycles. The molecule has 0 atom stereocenters. The summed E-state index contributed by atoms with van der Waals surface area (Å²) in [4.78, 5) is 0. The summed E-state index contributed by atoms with van der Waals surface area (Å²) in [5, 5.41) is 17.5. The Morgan fingerprint density at radius 2 is 1.93 bits per heavy atom. The Morgan fingerprint density at radius 1 is 1.21 bits per heavy atom. The minimum Gasteiger partial charge on any atom is -0.192 e. The van der Waals surface area contributed by atoms with E-state index in [1.165, 1.54) is 0 Å². The minimum atomic E-state index is 0.432. The summed E-state index contributed by atoms with van der Waals surface area (Å²) in [6.07, 6.45) is 4.92. The topological polar surface area (TPSA) is 47.6 Å². The number of hydrogen-bond acceptors (Lipinski definition) is 2. The standard InChI is InChI=1S/C12H10N2/c1-2-3-4-10-5-6-11(8-13)12(7-10)9-14/h3-7H,2H2,1H3/b4-3+. The van der Waals surface area contributed by atoms with Gasteiger partial charge in [-0.05, 0) is 24.1 Å². The molecule has 0 N–H and O–H groups in total. The first kappa shape index (κ1) is 10.0. The molecule has 1 aromatic carbocycles. The van der Waals surface area contributed by atoms with Crippen LogP contribution in [-0.4, -0.2) is 0 Å². The molecule has 0 spiro atoms. The SMILES string of the molecule is CC/C=C/c1ccc(C#N)c(C#N)c1. The van der Waals surface area contributed by atoms with E-state index < -0.39 is 0 Å². The van der Waals surface area contributed by atoms with E-state index in [2.05, 4.69) is 0 Å². The van der Waals surface area contributed by atoms with E-state index in [4.69, 9.17) is 10.5 Å². The lowest BCUT2D eigenvalue weighted by Crippen LogP contribution is -1.84. The van der Waals surface area contributed by atoms with Gasteiger partial charge in [0, 0.05) is 0 Å². The molecule has 0 saturated carbocycles. The van der Waals surface area contributed by atoms with E-state index in [9.17, 15) is 0 Å². The quantitative estimate of drug-likeness (QED) is 0.706. The molecule has 1 aromatic rings. The molecular weight excluding hydrogens is 172 g/mol. The van der Waals surface area contributed by atoms with Crippen molar-refractivity contribution in [2.45, 2.75) is 13.3 Å². The van der Waals surface area contributed by atoms with Crippen molar-refractivity contribution in [3.8, 4) is 12.1 Å². The minimum absolute atomic E-state index is 0.432. The molecule has 0 saturated heterocycles. The van der Waals surface area contributed by atoms with Crippen molar-refractivity contribution in [1.29, 1.82) is 10.5 Å². The van der Waals surface area contributed by atoms with Gasteiger partial charge in [0.05, 0.1) is 11.1 Å². The molecule has 1 rings (SSSR count). The normalized spacial score (nSPS) is 9.64. The van der Waals surface area contributed by atoms with Crippen molar-refractivity contribution >= 4 is 6.08 Å². The highest BCUT2D eigenvalue weighted by Gasteiger charge is 2.00. The van der Waals surface area contributed by atoms with Gasteiger partial charge in [0.2, 0.25) is 0 Å². The Kier molecular flexibility index (Phi) is 3.47. The lowest BCUT2D eigenvalue weighted by molar-refractivity contribution is 1.23. The molecule has 0 aliphatic carbocycles. The zero-order valence-corrected chi connectivity index (χ0v) is 7.99. The van der Waals surface area contributed by atoms with Crippen LogP contribution < -0.4 is 0 Å². The molecule has 14 heavy (non-hydrogen) atoms. The van der Waals surface area contributed by atoms with E-state index in [0.29, 0.717) is 11.1 Å². The maximum atomic E-state index is 8.77. The first-order valence-electron chi connectivity index (χ1n) is 4.42. The maximum Gasteiger partial charge on any atom is 0.101 e. The third kappa shape index (κ3) is 2.21. The van der Waals surface area contributed by atoms with Crippen LogP contribution in [0.15, 0.2) is 24.3 Å². The van der Waals surface area contributed by atoms with Crippen LogP contribution in [0.2, 0.25) is 0 Å². The van der Waals surface area contributed by atoms with E-state index in [1.54, 1.807) is 12.1 Å². The van der Waals surface area contributed by atoms with Crippen molar-refractivity contribution in [1.82, 2.24) is 0 Å². The van der Waals surface area contributed by atoms with Crippen molar-refractivity contribution in [2.24, 2.45) is 0 Å². The van der Waals surface area contributed by atoms with Crippen molar-refractivity contribution < 1.29 is 0 Å². The van der Waals surface area contributed by atoms with Gasteiger partial charge in [-0.15, -0.1) is 0 Å². The molecule has 0 heterocycles. The van der Waals surface area contributed by atoms with Crippen molar-refractivity contribution in [3.63, 3.8) is 0 Å². The van der Waals surface area contributed by atoms with E-state index in [1.807, 2.05) is 37.3 Å². The average molecular weight is 182 g/mol. The van der Waals surface area contributed by atoms with Gasteiger partial charge >= 0.3 is 0 Å². The van der Waals surface area contributed by atoms with Gasteiger partial charge in [0.25, 0.3) is 0 Å². The van der Waals surface area contributed by atoms with E-state index >= 15 is 0 Å². The van der Waals surface area contributed by atoms with Crippen molar-refractivity contribution in [2.75, 3.05) is 0 Å². The Bertz CT molecular complexity index is 431. The molecular formula is C12H10N2. The molecule has 0 aliphatic rings. The van der Waals surface area contributed by atoms with Gasteiger partial charge in [-0.3, -0.25) is 0 Å². The fraction of sp³-hybridized carbons (Fsp3) is 0.167. The van der Waals surface area contributed by atoms with Gasteiger partial charge in [0.1, 0.15) is 12.1 Å². The van der Waals surface area contributed by atoms with Crippen LogP contribution in [0, 0.1) is 22.7 Å². The molecule has 0 fully saturated rings. The third-order valence-corrected chi connectivity index (χ3v) is 1.83. The third-order valence-electron chi connectivity index (χ3n) is 1.83. The first-order valence-corrected chi connectivity index (χ1v) is 4.42. The van der Waals surface area contributed by atoms with Gasteiger partial charge in [-0.25, -0.2) is 0 Å². The molecule has 2 heteroatoms. The second kappa shape index (κ2) is 4.84. The number of nitriles is 2. The van der Waals surface area contributed by atoms with E-state index in [-0.39, 0.29) is 0 Å². The highest BCUT2D eigenvalue weighted by molar-refractivity contribution is 5.56. The Hall–Kier alpha value is -2.06. The molecule has 0 bridgehead atoms. The van der Waals surface area contributed by atoms with Crippen LogP contribution in [0.4, 0.5) is 0 Å². The Labute approximate surface area is 83.7 Å². The lowest BCUT2D eigenvalue weighted by atomic mass is 10.1. The molecule has 0 aromatic heterocycles. The van der Waals surface area contributed by atoms with Crippen LogP contribution in [0.3, 0.4) is 0 Å². The number of allylic oxidation sites excluding steroid dienone is 1. The smallest absolute Gasteiger partial charge is 0.101 e. The van der Waals surface area contributed by atoms with Crippen LogP contribution in [0.1, 0.15) is 30.0 Å². The Balaban J connectivity index is 3.11. The molecule has 68 valence electrons. The summed E-state index contributed by atoms with van der Waals surface area (Å²) in [5.74, 6) is 0. The highest BCUT2D eigenvalue weighted by atomic mass is 14.3. The van der Waals surface area contributed by atoms with Gasteiger partial charge < -0.3 is 0 Å². The molecule has 2 nitrogen and oxygen atoms in total. The lowest BCUT2D eigenvalue weighted by Gasteiger charge is -1.96. The number of rotatable bonds is 2. The second-order valence-corrected chi connectivity index (χ2v) is 2.84. The van der Waals surface area contributed by atoms with Crippen LogP contribution in [0.25, 0.3) is 6.08 Å². The predicted molar refractivity (Wildman–Crippen MR) is 55.2 cm³/mol. The zero-order chi connectivity index (χ0) is 10.4. The van der Waals surface area contributed by atoms with Gasteiger partial charge in [-0.2, -0.15) is 10.5 Å². The molecule has 0 unspecified atom stereocenters. The van der Waals surface area contributed by atoms with E-state index in [0.717, 1.165) is 12.0 Å². The average Bonchev–Trinajstić information content (AvgIpc) is 2.25. The number of benzene rings is 1.